The van der Waals surface area contributed by atoms with E-state index in [0.29, 0.717) is 0 Å². The van der Waals surface area contributed by atoms with Crippen molar-refractivity contribution in [2.45, 2.75) is 65.5 Å². The highest BCUT2D eigenvalue weighted by Gasteiger charge is 2.18. The van der Waals surface area contributed by atoms with Crippen molar-refractivity contribution >= 4 is 0 Å². The first-order valence-electron chi connectivity index (χ1n) is 8.16. The predicted octanol–water partition coefficient (Wildman–Crippen LogP) is 4.49. The third-order valence-electron chi connectivity index (χ3n) is 3.77. The number of benzene rings is 1. The van der Waals surface area contributed by atoms with Gasteiger partial charge in [-0.1, -0.05) is 57.9 Å². The van der Waals surface area contributed by atoms with Crippen LogP contribution in [0.4, 0.5) is 0 Å². The molecule has 20 heavy (non-hydrogen) atoms. The Balaban J connectivity index is 2.61. The van der Waals surface area contributed by atoms with Crippen LogP contribution in [0.1, 0.15) is 64.1 Å². The van der Waals surface area contributed by atoms with Crippen LogP contribution in [0.2, 0.25) is 0 Å². The highest BCUT2D eigenvalue weighted by molar-refractivity contribution is 5.25. The number of unbranched alkanes of at least 4 members (excludes halogenated alkanes) is 2. The highest BCUT2D eigenvalue weighted by atomic mass is 16.5. The number of hydrogen-bond acceptors (Lipinski definition) is 2. The average molecular weight is 277 g/mol. The molecule has 0 saturated heterocycles. The van der Waals surface area contributed by atoms with Gasteiger partial charge < -0.3 is 10.1 Å². The molecule has 1 N–H and O–H groups in total. The molecule has 0 aromatic heterocycles. The molecule has 2 unspecified atom stereocenters. The van der Waals surface area contributed by atoms with Crippen molar-refractivity contribution < 1.29 is 4.74 Å². The van der Waals surface area contributed by atoms with Gasteiger partial charge in [0.1, 0.15) is 0 Å². The minimum absolute atomic E-state index is 0.208. The maximum atomic E-state index is 6.01. The van der Waals surface area contributed by atoms with Crippen LogP contribution in [0.3, 0.4) is 0 Å². The molecule has 0 aliphatic carbocycles. The van der Waals surface area contributed by atoms with E-state index < -0.39 is 0 Å². The SMILES string of the molecule is CCCCCOC(C)C(NCC)c1ccc(CC)cc1. The van der Waals surface area contributed by atoms with Crippen molar-refractivity contribution in [3.8, 4) is 0 Å². The molecule has 0 heterocycles. The maximum Gasteiger partial charge on any atom is 0.0741 e. The lowest BCUT2D eigenvalue weighted by Crippen LogP contribution is -2.32. The smallest absolute Gasteiger partial charge is 0.0741 e. The van der Waals surface area contributed by atoms with Gasteiger partial charge in [-0.05, 0) is 37.4 Å². The molecule has 0 spiro atoms. The zero-order valence-corrected chi connectivity index (χ0v) is 13.6. The van der Waals surface area contributed by atoms with E-state index >= 15 is 0 Å². The van der Waals surface area contributed by atoms with Gasteiger partial charge in [0.05, 0.1) is 12.1 Å². The minimum Gasteiger partial charge on any atom is -0.377 e. The van der Waals surface area contributed by atoms with Gasteiger partial charge in [-0.25, -0.2) is 0 Å². The van der Waals surface area contributed by atoms with Gasteiger partial charge in [0.2, 0.25) is 0 Å². The molecule has 0 radical (unpaired) electrons. The van der Waals surface area contributed by atoms with Gasteiger partial charge in [-0.3, -0.25) is 0 Å². The molecule has 1 aromatic rings. The summed E-state index contributed by atoms with van der Waals surface area (Å²) in [6, 6.07) is 9.20. The Morgan fingerprint density at radius 3 is 2.30 bits per heavy atom. The Morgan fingerprint density at radius 2 is 1.75 bits per heavy atom. The molecule has 2 heteroatoms. The van der Waals surface area contributed by atoms with Crippen molar-refractivity contribution in [3.63, 3.8) is 0 Å². The summed E-state index contributed by atoms with van der Waals surface area (Å²) < 4.78 is 6.01. The average Bonchev–Trinajstić information content (AvgIpc) is 2.49. The van der Waals surface area contributed by atoms with Gasteiger partial charge in [0, 0.05) is 6.61 Å². The summed E-state index contributed by atoms with van der Waals surface area (Å²) in [6.07, 6.45) is 4.96. The lowest BCUT2D eigenvalue weighted by Gasteiger charge is -2.26. The van der Waals surface area contributed by atoms with Crippen LogP contribution >= 0.6 is 0 Å². The maximum absolute atomic E-state index is 6.01. The van der Waals surface area contributed by atoms with E-state index in [4.69, 9.17) is 4.74 Å². The van der Waals surface area contributed by atoms with Crippen molar-refractivity contribution in [1.29, 1.82) is 0 Å². The molecule has 0 aliphatic heterocycles. The summed E-state index contributed by atoms with van der Waals surface area (Å²) in [5.41, 5.74) is 2.72. The Bertz CT molecular complexity index is 347. The molecular formula is C18H31NO. The normalized spacial score (nSPS) is 14.2. The van der Waals surface area contributed by atoms with Crippen LogP contribution in [0.15, 0.2) is 24.3 Å². The second-order valence-electron chi connectivity index (χ2n) is 5.41. The first-order valence-corrected chi connectivity index (χ1v) is 8.16. The fourth-order valence-electron chi connectivity index (χ4n) is 2.45. The number of ether oxygens (including phenoxy) is 1. The number of aryl methyl sites for hydroxylation is 1. The summed E-state index contributed by atoms with van der Waals surface area (Å²) in [7, 11) is 0. The first kappa shape index (κ1) is 17.2. The van der Waals surface area contributed by atoms with Gasteiger partial charge >= 0.3 is 0 Å². The highest BCUT2D eigenvalue weighted by Crippen LogP contribution is 2.20. The molecule has 1 aromatic carbocycles. The zero-order valence-electron chi connectivity index (χ0n) is 13.6. The fraction of sp³-hybridized carbons (Fsp3) is 0.667. The van der Waals surface area contributed by atoms with Gasteiger partial charge in [0.15, 0.2) is 0 Å². The van der Waals surface area contributed by atoms with Crippen LogP contribution in [-0.4, -0.2) is 19.3 Å². The van der Waals surface area contributed by atoms with E-state index in [1.54, 1.807) is 0 Å². The predicted molar refractivity (Wildman–Crippen MR) is 87.2 cm³/mol. The summed E-state index contributed by atoms with van der Waals surface area (Å²) in [4.78, 5) is 0. The van der Waals surface area contributed by atoms with Gasteiger partial charge in [-0.2, -0.15) is 0 Å². The van der Waals surface area contributed by atoms with E-state index in [2.05, 4.69) is 57.3 Å². The third-order valence-corrected chi connectivity index (χ3v) is 3.77. The molecule has 0 saturated carbocycles. The third kappa shape index (κ3) is 5.64. The molecule has 0 amide bonds. The van der Waals surface area contributed by atoms with Crippen LogP contribution in [-0.2, 0) is 11.2 Å². The summed E-state index contributed by atoms with van der Waals surface area (Å²) >= 11 is 0. The van der Waals surface area contributed by atoms with Gasteiger partial charge in [0.25, 0.3) is 0 Å². The van der Waals surface area contributed by atoms with Gasteiger partial charge in [-0.15, -0.1) is 0 Å². The first-order chi connectivity index (χ1) is 9.72. The number of hydrogen-bond donors (Lipinski definition) is 1. The van der Waals surface area contributed by atoms with Crippen molar-refractivity contribution in [2.24, 2.45) is 0 Å². The van der Waals surface area contributed by atoms with Crippen LogP contribution in [0.25, 0.3) is 0 Å². The Morgan fingerprint density at radius 1 is 1.05 bits per heavy atom. The lowest BCUT2D eigenvalue weighted by atomic mass is 10.00. The Labute approximate surface area is 124 Å². The standard InChI is InChI=1S/C18H31NO/c1-5-8-9-14-20-15(4)18(19-7-3)17-12-10-16(6-2)11-13-17/h10-13,15,18-19H,5-9,14H2,1-4H3. The molecule has 114 valence electrons. The largest absolute Gasteiger partial charge is 0.377 e. The molecule has 0 fully saturated rings. The number of nitrogens with one attached hydrogen (secondary N) is 1. The van der Waals surface area contributed by atoms with Crippen LogP contribution < -0.4 is 5.32 Å². The van der Waals surface area contributed by atoms with Crippen molar-refractivity contribution in [3.05, 3.63) is 35.4 Å². The van der Waals surface area contributed by atoms with Crippen molar-refractivity contribution in [2.75, 3.05) is 13.2 Å². The lowest BCUT2D eigenvalue weighted by molar-refractivity contribution is 0.0366. The van der Waals surface area contributed by atoms with Crippen LogP contribution in [0.5, 0.6) is 0 Å². The molecule has 0 bridgehead atoms. The van der Waals surface area contributed by atoms with E-state index in [1.807, 2.05) is 0 Å². The van der Waals surface area contributed by atoms with Crippen LogP contribution in [0, 0.1) is 0 Å². The molecule has 2 atom stereocenters. The second-order valence-corrected chi connectivity index (χ2v) is 5.41. The summed E-state index contributed by atoms with van der Waals surface area (Å²) in [6.45, 7) is 10.6. The van der Waals surface area contributed by atoms with E-state index in [-0.39, 0.29) is 12.1 Å². The van der Waals surface area contributed by atoms with E-state index in [0.717, 1.165) is 26.0 Å². The summed E-state index contributed by atoms with van der Waals surface area (Å²) in [5.74, 6) is 0. The van der Waals surface area contributed by atoms with E-state index in [9.17, 15) is 0 Å². The molecular weight excluding hydrogens is 246 g/mol. The molecule has 0 aliphatic rings. The topological polar surface area (TPSA) is 21.3 Å². The Kier molecular flexibility index (Phi) is 8.56. The molecule has 1 rings (SSSR count). The van der Waals surface area contributed by atoms with E-state index in [1.165, 1.54) is 24.0 Å². The fourth-order valence-corrected chi connectivity index (χ4v) is 2.45. The number of rotatable bonds is 10. The monoisotopic (exact) mass is 277 g/mol. The quantitative estimate of drug-likeness (QED) is 0.636. The molecule has 2 nitrogen and oxygen atoms in total. The minimum atomic E-state index is 0.208. The van der Waals surface area contributed by atoms with Crippen molar-refractivity contribution in [1.82, 2.24) is 5.32 Å². The number of likely N-dealkylation sites (N-methyl/N-ethyl adjacent to an activating group) is 1. The zero-order chi connectivity index (χ0) is 14.8. The second kappa shape index (κ2) is 9.95. The Hall–Kier alpha value is -0.860. The summed E-state index contributed by atoms with van der Waals surface area (Å²) in [5, 5.41) is 3.55.